The van der Waals surface area contributed by atoms with Gasteiger partial charge in [0.05, 0.1) is 5.69 Å². The fraction of sp³-hybridized carbons (Fsp3) is 0.455. The summed E-state index contributed by atoms with van der Waals surface area (Å²) < 4.78 is 0. The number of rotatable bonds is 2. The minimum absolute atomic E-state index is 0.227. The monoisotopic (exact) mass is 178 g/mol. The molecule has 72 valence electrons. The molecule has 0 aliphatic heterocycles. The van der Waals surface area contributed by atoms with Gasteiger partial charge in [-0.15, -0.1) is 0 Å². The van der Waals surface area contributed by atoms with Crippen LogP contribution in [0, 0.1) is 5.41 Å². The minimum Gasteiger partial charge on any atom is -0.311 e. The summed E-state index contributed by atoms with van der Waals surface area (Å²) in [6, 6.07) is 10.0. The maximum atomic E-state index is 5.91. The third kappa shape index (κ3) is 3.47. The lowest BCUT2D eigenvalue weighted by Crippen LogP contribution is -2.38. The van der Waals surface area contributed by atoms with Crippen molar-refractivity contribution in [2.45, 2.75) is 20.8 Å². The first kappa shape index (κ1) is 10.1. The van der Waals surface area contributed by atoms with Gasteiger partial charge in [-0.05, 0) is 17.5 Å². The normalized spacial score (nSPS) is 11.4. The van der Waals surface area contributed by atoms with Crippen molar-refractivity contribution >= 4 is 5.69 Å². The summed E-state index contributed by atoms with van der Waals surface area (Å²) in [4.78, 5) is 0. The van der Waals surface area contributed by atoms with Crippen LogP contribution >= 0.6 is 0 Å². The average molecular weight is 178 g/mol. The molecule has 0 aliphatic rings. The molecule has 0 bridgehead atoms. The van der Waals surface area contributed by atoms with Crippen molar-refractivity contribution in [2.24, 2.45) is 11.3 Å². The number of hydrazine groups is 1. The van der Waals surface area contributed by atoms with Gasteiger partial charge in [-0.1, -0.05) is 39.0 Å². The number of hydrogen-bond donors (Lipinski definition) is 1. The fourth-order valence-corrected chi connectivity index (χ4v) is 1.22. The molecule has 0 amide bonds. The second-order valence-corrected chi connectivity index (χ2v) is 4.52. The lowest BCUT2D eigenvalue weighted by atomic mass is 9.96. The van der Waals surface area contributed by atoms with E-state index in [1.807, 2.05) is 30.3 Å². The summed E-state index contributed by atoms with van der Waals surface area (Å²) in [5.74, 6) is 5.91. The molecule has 0 saturated carbocycles. The molecule has 2 heteroatoms. The first-order chi connectivity index (χ1) is 5.99. The molecule has 0 spiro atoms. The molecule has 0 radical (unpaired) electrons. The Bertz CT molecular complexity index is 249. The smallest absolute Gasteiger partial charge is 0.0517 e. The molecule has 13 heavy (non-hydrogen) atoms. The van der Waals surface area contributed by atoms with Crippen LogP contribution in [0.2, 0.25) is 0 Å². The van der Waals surface area contributed by atoms with Crippen LogP contribution in [0.15, 0.2) is 30.3 Å². The van der Waals surface area contributed by atoms with Gasteiger partial charge < -0.3 is 5.01 Å². The van der Waals surface area contributed by atoms with Gasteiger partial charge in [-0.3, -0.25) is 0 Å². The summed E-state index contributed by atoms with van der Waals surface area (Å²) in [5, 5.41) is 1.79. The number of anilines is 1. The maximum absolute atomic E-state index is 5.91. The van der Waals surface area contributed by atoms with E-state index in [-0.39, 0.29) is 5.41 Å². The Hall–Kier alpha value is -1.02. The number of hydrogen-bond acceptors (Lipinski definition) is 2. The summed E-state index contributed by atoms with van der Waals surface area (Å²) >= 11 is 0. The van der Waals surface area contributed by atoms with Gasteiger partial charge in [0.1, 0.15) is 0 Å². The van der Waals surface area contributed by atoms with Gasteiger partial charge >= 0.3 is 0 Å². The molecule has 0 fully saturated rings. The Morgan fingerprint density at radius 3 is 2.15 bits per heavy atom. The summed E-state index contributed by atoms with van der Waals surface area (Å²) in [7, 11) is 0. The highest BCUT2D eigenvalue weighted by Crippen LogP contribution is 2.18. The van der Waals surface area contributed by atoms with Crippen LogP contribution in [0.1, 0.15) is 20.8 Å². The maximum Gasteiger partial charge on any atom is 0.0517 e. The van der Waals surface area contributed by atoms with Crippen molar-refractivity contribution in [1.82, 2.24) is 0 Å². The second kappa shape index (κ2) is 3.79. The zero-order chi connectivity index (χ0) is 9.90. The molecule has 0 aromatic heterocycles. The van der Waals surface area contributed by atoms with Crippen LogP contribution < -0.4 is 10.9 Å². The summed E-state index contributed by atoms with van der Waals surface area (Å²) in [6.07, 6.45) is 0. The van der Waals surface area contributed by atoms with Crippen molar-refractivity contribution < 1.29 is 0 Å². The van der Waals surface area contributed by atoms with E-state index in [1.54, 1.807) is 5.01 Å². The second-order valence-electron chi connectivity index (χ2n) is 4.52. The molecule has 0 saturated heterocycles. The topological polar surface area (TPSA) is 29.3 Å². The van der Waals surface area contributed by atoms with Crippen LogP contribution in [0.3, 0.4) is 0 Å². The Labute approximate surface area is 80.3 Å². The first-order valence-electron chi connectivity index (χ1n) is 4.56. The summed E-state index contributed by atoms with van der Waals surface area (Å²) in [5.41, 5.74) is 1.29. The zero-order valence-corrected chi connectivity index (χ0v) is 8.62. The minimum atomic E-state index is 0.227. The SMILES string of the molecule is CC(C)(C)CN(N)c1ccccc1. The molecule has 0 heterocycles. The number of nitrogens with two attached hydrogens (primary N) is 1. The van der Waals surface area contributed by atoms with Gasteiger partial charge in [-0.25, -0.2) is 5.84 Å². The van der Waals surface area contributed by atoms with E-state index < -0.39 is 0 Å². The number of para-hydroxylation sites is 1. The highest BCUT2D eigenvalue weighted by Gasteiger charge is 2.13. The van der Waals surface area contributed by atoms with Crippen LogP contribution in [0.5, 0.6) is 0 Å². The van der Waals surface area contributed by atoms with Crippen molar-refractivity contribution in [3.63, 3.8) is 0 Å². The Morgan fingerprint density at radius 2 is 1.69 bits per heavy atom. The molecule has 1 aromatic rings. The van der Waals surface area contributed by atoms with Gasteiger partial charge in [0, 0.05) is 6.54 Å². The van der Waals surface area contributed by atoms with E-state index in [1.165, 1.54) is 0 Å². The average Bonchev–Trinajstić information content (AvgIpc) is 2.03. The van der Waals surface area contributed by atoms with Crippen molar-refractivity contribution in [3.05, 3.63) is 30.3 Å². The molecule has 0 unspecified atom stereocenters. The molecule has 2 N–H and O–H groups in total. The van der Waals surface area contributed by atoms with Gasteiger partial charge in [0.25, 0.3) is 0 Å². The molecular formula is C11H18N2. The van der Waals surface area contributed by atoms with E-state index in [9.17, 15) is 0 Å². The molecule has 1 rings (SSSR count). The van der Waals surface area contributed by atoms with Crippen LogP contribution in [-0.4, -0.2) is 6.54 Å². The zero-order valence-electron chi connectivity index (χ0n) is 8.62. The third-order valence-corrected chi connectivity index (χ3v) is 1.73. The molecule has 0 atom stereocenters. The quantitative estimate of drug-likeness (QED) is 0.556. The lowest BCUT2D eigenvalue weighted by Gasteiger charge is -2.27. The van der Waals surface area contributed by atoms with E-state index >= 15 is 0 Å². The molecule has 0 aliphatic carbocycles. The van der Waals surface area contributed by atoms with Gasteiger partial charge in [-0.2, -0.15) is 0 Å². The number of nitrogens with zero attached hydrogens (tertiary/aromatic N) is 1. The van der Waals surface area contributed by atoms with Crippen molar-refractivity contribution in [2.75, 3.05) is 11.6 Å². The van der Waals surface area contributed by atoms with Crippen LogP contribution in [0.25, 0.3) is 0 Å². The van der Waals surface area contributed by atoms with Crippen LogP contribution in [0.4, 0.5) is 5.69 Å². The first-order valence-corrected chi connectivity index (χ1v) is 4.56. The predicted molar refractivity (Wildman–Crippen MR) is 57.4 cm³/mol. The fourth-order valence-electron chi connectivity index (χ4n) is 1.22. The lowest BCUT2D eigenvalue weighted by molar-refractivity contribution is 0.412. The van der Waals surface area contributed by atoms with Gasteiger partial charge in [0.15, 0.2) is 0 Å². The standard InChI is InChI=1S/C11H18N2/c1-11(2,3)9-13(12)10-7-5-4-6-8-10/h4-8H,9,12H2,1-3H3. The third-order valence-electron chi connectivity index (χ3n) is 1.73. The van der Waals surface area contributed by atoms with E-state index in [2.05, 4.69) is 20.8 Å². The molecule has 2 nitrogen and oxygen atoms in total. The summed E-state index contributed by atoms with van der Waals surface area (Å²) in [6.45, 7) is 7.39. The van der Waals surface area contributed by atoms with E-state index in [4.69, 9.17) is 5.84 Å². The highest BCUT2D eigenvalue weighted by atomic mass is 15.4. The van der Waals surface area contributed by atoms with Crippen molar-refractivity contribution in [3.8, 4) is 0 Å². The van der Waals surface area contributed by atoms with Crippen LogP contribution in [-0.2, 0) is 0 Å². The van der Waals surface area contributed by atoms with E-state index in [0.29, 0.717) is 0 Å². The Kier molecular flexibility index (Phi) is 2.94. The highest BCUT2D eigenvalue weighted by molar-refractivity contribution is 5.44. The molecule has 1 aromatic carbocycles. The molecular weight excluding hydrogens is 160 g/mol. The van der Waals surface area contributed by atoms with Gasteiger partial charge in [0.2, 0.25) is 0 Å². The van der Waals surface area contributed by atoms with Crippen molar-refractivity contribution in [1.29, 1.82) is 0 Å². The Balaban J connectivity index is 2.64. The number of benzene rings is 1. The van der Waals surface area contributed by atoms with E-state index in [0.717, 1.165) is 12.2 Å². The largest absolute Gasteiger partial charge is 0.311 e. The predicted octanol–water partition coefficient (Wildman–Crippen LogP) is 2.41. The Morgan fingerprint density at radius 1 is 1.15 bits per heavy atom.